The van der Waals surface area contributed by atoms with E-state index in [1.54, 1.807) is 0 Å². The zero-order valence-corrected chi connectivity index (χ0v) is 7.69. The Hall–Kier alpha value is -1.89. The zero-order valence-electron chi connectivity index (χ0n) is 6.88. The van der Waals surface area contributed by atoms with Crippen LogP contribution in [0.1, 0.15) is 0 Å². The second kappa shape index (κ2) is 2.81. The molecule has 0 aliphatic rings. The molecule has 0 amide bonds. The van der Waals surface area contributed by atoms with Crippen LogP contribution < -0.4 is 0 Å². The van der Waals surface area contributed by atoms with Crippen molar-refractivity contribution < 1.29 is 0 Å². The minimum absolute atomic E-state index is 0.569. The van der Waals surface area contributed by atoms with Crippen molar-refractivity contribution >= 4 is 21.7 Å². The minimum atomic E-state index is 0.569. The summed E-state index contributed by atoms with van der Waals surface area (Å²) in [6, 6.07) is 5.77. The molecule has 6 nitrogen and oxygen atoms in total. The normalized spacial score (nSPS) is 10.9. The van der Waals surface area contributed by atoms with Crippen molar-refractivity contribution in [3.05, 3.63) is 18.2 Å². The van der Waals surface area contributed by atoms with Gasteiger partial charge in [0.25, 0.3) is 0 Å². The Morgan fingerprint density at radius 2 is 2.21 bits per heavy atom. The van der Waals surface area contributed by atoms with Gasteiger partial charge in [-0.2, -0.15) is 5.21 Å². The molecule has 3 aromatic rings. The summed E-state index contributed by atoms with van der Waals surface area (Å²) in [5, 5.41) is 17.6. The van der Waals surface area contributed by atoms with Gasteiger partial charge in [0.1, 0.15) is 5.52 Å². The fourth-order valence-electron chi connectivity index (χ4n) is 1.20. The van der Waals surface area contributed by atoms with Crippen LogP contribution in [0.3, 0.4) is 0 Å². The lowest BCUT2D eigenvalue weighted by molar-refractivity contribution is 0.881. The molecule has 7 heteroatoms. The van der Waals surface area contributed by atoms with E-state index in [-0.39, 0.29) is 0 Å². The van der Waals surface area contributed by atoms with Crippen LogP contribution in [-0.4, -0.2) is 30.2 Å². The van der Waals surface area contributed by atoms with Gasteiger partial charge in [-0.3, -0.25) is 0 Å². The molecule has 2 aromatic heterocycles. The van der Waals surface area contributed by atoms with Crippen molar-refractivity contribution in [2.24, 2.45) is 0 Å². The summed E-state index contributed by atoms with van der Waals surface area (Å²) in [7, 11) is 0. The number of tetrazole rings is 1. The molecule has 0 saturated heterocycles. The van der Waals surface area contributed by atoms with Crippen LogP contribution in [-0.2, 0) is 0 Å². The van der Waals surface area contributed by atoms with E-state index in [9.17, 15) is 0 Å². The largest absolute Gasteiger partial charge is 0.204 e. The molecular weight excluding hydrogens is 200 g/mol. The fraction of sp³-hybridized carbons (Fsp3) is 0. The van der Waals surface area contributed by atoms with E-state index >= 15 is 0 Å². The number of aromatic amines is 1. The standard InChI is InChI=1S/C7H4N6S/c1-2-6-5(8-13-14-6)3-4(1)7-9-11-12-10-7/h1-3H,(H,9,10,11,12). The van der Waals surface area contributed by atoms with E-state index in [1.807, 2.05) is 18.2 Å². The van der Waals surface area contributed by atoms with Crippen molar-refractivity contribution in [2.45, 2.75) is 0 Å². The Balaban J connectivity index is 2.23. The maximum atomic E-state index is 3.97. The second-order valence-corrected chi connectivity index (χ2v) is 3.48. The first kappa shape index (κ1) is 7.51. The summed E-state index contributed by atoms with van der Waals surface area (Å²) in [6.45, 7) is 0. The minimum Gasteiger partial charge on any atom is -0.177 e. The lowest BCUT2D eigenvalue weighted by Crippen LogP contribution is -1.80. The van der Waals surface area contributed by atoms with Crippen LogP contribution in [0.2, 0.25) is 0 Å². The molecule has 0 saturated carbocycles. The number of aromatic nitrogens is 6. The van der Waals surface area contributed by atoms with Crippen LogP contribution >= 0.6 is 11.5 Å². The average Bonchev–Trinajstić information content (AvgIpc) is 2.88. The van der Waals surface area contributed by atoms with Crippen LogP contribution in [0.25, 0.3) is 21.6 Å². The van der Waals surface area contributed by atoms with Gasteiger partial charge in [-0.05, 0) is 34.9 Å². The van der Waals surface area contributed by atoms with Gasteiger partial charge < -0.3 is 0 Å². The summed E-state index contributed by atoms with van der Waals surface area (Å²) in [4.78, 5) is 0. The fourth-order valence-corrected chi connectivity index (χ4v) is 1.74. The van der Waals surface area contributed by atoms with Gasteiger partial charge in [-0.25, -0.2) is 0 Å². The first-order valence-corrected chi connectivity index (χ1v) is 4.67. The highest BCUT2D eigenvalue weighted by atomic mass is 32.1. The van der Waals surface area contributed by atoms with E-state index in [0.29, 0.717) is 5.82 Å². The van der Waals surface area contributed by atoms with Crippen LogP contribution in [0.4, 0.5) is 0 Å². The quantitative estimate of drug-likeness (QED) is 0.636. The van der Waals surface area contributed by atoms with Gasteiger partial charge in [-0.1, -0.05) is 4.49 Å². The lowest BCUT2D eigenvalue weighted by Gasteiger charge is -1.91. The first-order chi connectivity index (χ1) is 6.93. The van der Waals surface area contributed by atoms with Gasteiger partial charge in [0.05, 0.1) is 4.70 Å². The zero-order chi connectivity index (χ0) is 9.38. The highest BCUT2D eigenvalue weighted by Crippen LogP contribution is 2.21. The Morgan fingerprint density at radius 3 is 3.07 bits per heavy atom. The number of nitrogens with zero attached hydrogens (tertiary/aromatic N) is 5. The number of rotatable bonds is 1. The summed E-state index contributed by atoms with van der Waals surface area (Å²) in [6.07, 6.45) is 0. The monoisotopic (exact) mass is 204 g/mol. The summed E-state index contributed by atoms with van der Waals surface area (Å²) in [5.41, 5.74) is 1.75. The highest BCUT2D eigenvalue weighted by Gasteiger charge is 2.05. The molecule has 0 atom stereocenters. The number of fused-ring (bicyclic) bond motifs is 1. The van der Waals surface area contributed by atoms with Crippen molar-refractivity contribution in [1.82, 2.24) is 30.2 Å². The predicted octanol–water partition coefficient (Wildman–Crippen LogP) is 0.871. The second-order valence-electron chi connectivity index (χ2n) is 2.69. The lowest BCUT2D eigenvalue weighted by atomic mass is 10.2. The third kappa shape index (κ3) is 1.06. The number of benzene rings is 1. The molecule has 2 heterocycles. The maximum absolute atomic E-state index is 3.97. The SMILES string of the molecule is c1cc2snnc2cc1-c1nn[nH]n1. The van der Waals surface area contributed by atoms with Crippen molar-refractivity contribution in [3.8, 4) is 11.4 Å². The topological polar surface area (TPSA) is 80.2 Å². The van der Waals surface area contributed by atoms with Gasteiger partial charge in [0.2, 0.25) is 5.82 Å². The molecule has 14 heavy (non-hydrogen) atoms. The third-order valence-electron chi connectivity index (χ3n) is 1.85. The molecule has 0 aliphatic heterocycles. The van der Waals surface area contributed by atoms with Gasteiger partial charge in [0.15, 0.2) is 0 Å². The van der Waals surface area contributed by atoms with Crippen LogP contribution in [0.5, 0.6) is 0 Å². The molecule has 0 fully saturated rings. The third-order valence-corrected chi connectivity index (χ3v) is 2.56. The molecule has 1 aromatic carbocycles. The molecule has 1 N–H and O–H groups in total. The highest BCUT2D eigenvalue weighted by molar-refractivity contribution is 7.12. The van der Waals surface area contributed by atoms with Crippen molar-refractivity contribution in [1.29, 1.82) is 0 Å². The van der Waals surface area contributed by atoms with E-state index in [4.69, 9.17) is 0 Å². The van der Waals surface area contributed by atoms with Gasteiger partial charge in [-0.15, -0.1) is 15.3 Å². The Bertz CT molecular complexity index is 556. The van der Waals surface area contributed by atoms with Crippen LogP contribution in [0.15, 0.2) is 18.2 Å². The molecule has 0 unspecified atom stereocenters. The summed E-state index contributed by atoms with van der Waals surface area (Å²) >= 11 is 1.37. The molecular formula is C7H4N6S. The molecule has 0 spiro atoms. The van der Waals surface area contributed by atoms with E-state index < -0.39 is 0 Å². The maximum Gasteiger partial charge on any atom is 0.204 e. The smallest absolute Gasteiger partial charge is 0.177 e. The van der Waals surface area contributed by atoms with Gasteiger partial charge >= 0.3 is 0 Å². The Labute approximate surface area is 82.1 Å². The van der Waals surface area contributed by atoms with Crippen molar-refractivity contribution in [3.63, 3.8) is 0 Å². The Kier molecular flexibility index (Phi) is 1.51. The molecule has 0 aliphatic carbocycles. The van der Waals surface area contributed by atoms with Crippen LogP contribution in [0, 0.1) is 0 Å². The molecule has 3 rings (SSSR count). The number of H-pyrrole nitrogens is 1. The van der Waals surface area contributed by atoms with E-state index in [0.717, 1.165) is 15.8 Å². The molecule has 0 bridgehead atoms. The Morgan fingerprint density at radius 1 is 1.21 bits per heavy atom. The van der Waals surface area contributed by atoms with E-state index in [2.05, 4.69) is 30.2 Å². The van der Waals surface area contributed by atoms with Crippen molar-refractivity contribution in [2.75, 3.05) is 0 Å². The predicted molar refractivity (Wildman–Crippen MR) is 50.6 cm³/mol. The number of hydrogen-bond acceptors (Lipinski definition) is 6. The van der Waals surface area contributed by atoms with Gasteiger partial charge in [0, 0.05) is 5.56 Å². The summed E-state index contributed by atoms with van der Waals surface area (Å²) < 4.78 is 4.90. The summed E-state index contributed by atoms with van der Waals surface area (Å²) in [5.74, 6) is 0.569. The average molecular weight is 204 g/mol. The van der Waals surface area contributed by atoms with E-state index in [1.165, 1.54) is 11.5 Å². The molecule has 0 radical (unpaired) electrons. The first-order valence-electron chi connectivity index (χ1n) is 3.89. The number of nitrogens with one attached hydrogen (secondary N) is 1. The number of hydrogen-bond donors (Lipinski definition) is 1. The molecule has 68 valence electrons.